The fourth-order valence-electron chi connectivity index (χ4n) is 4.05. The molecule has 1 saturated heterocycles. The summed E-state index contributed by atoms with van der Waals surface area (Å²) in [5.41, 5.74) is 3.19. The van der Waals surface area contributed by atoms with Gasteiger partial charge in [0.15, 0.2) is 5.96 Å². The highest BCUT2D eigenvalue weighted by Gasteiger charge is 2.37. The maximum absolute atomic E-state index is 6.35. The predicted octanol–water partition coefficient (Wildman–Crippen LogP) is 4.70. The van der Waals surface area contributed by atoms with E-state index in [1.165, 1.54) is 5.56 Å². The fraction of sp³-hybridized carbons (Fsp3) is 0.458. The van der Waals surface area contributed by atoms with E-state index in [0.29, 0.717) is 31.3 Å². The third kappa shape index (κ3) is 6.42. The van der Waals surface area contributed by atoms with Gasteiger partial charge >= 0.3 is 0 Å². The van der Waals surface area contributed by atoms with Gasteiger partial charge in [0.05, 0.1) is 14.2 Å². The molecule has 0 saturated carbocycles. The van der Waals surface area contributed by atoms with E-state index in [1.807, 2.05) is 24.3 Å². The van der Waals surface area contributed by atoms with Crippen LogP contribution in [-0.4, -0.2) is 47.0 Å². The van der Waals surface area contributed by atoms with Gasteiger partial charge in [0.2, 0.25) is 0 Å². The highest BCUT2D eigenvalue weighted by Crippen LogP contribution is 2.40. The van der Waals surface area contributed by atoms with Crippen LogP contribution < -0.4 is 20.1 Å². The molecule has 0 aliphatic carbocycles. The second kappa shape index (κ2) is 12.5. The largest absolute Gasteiger partial charge is 0.496 e. The molecule has 2 N–H and O–H groups in total. The average Bonchev–Trinajstić information content (AvgIpc) is 2.80. The average molecular weight is 574 g/mol. The van der Waals surface area contributed by atoms with Crippen LogP contribution in [0.25, 0.3) is 0 Å². The molecule has 0 aromatic heterocycles. The zero-order chi connectivity index (χ0) is 22.3. The number of nitrogens with zero attached hydrogens (tertiary/aromatic N) is 1. The van der Waals surface area contributed by atoms with Crippen molar-refractivity contribution >= 4 is 41.5 Å². The minimum atomic E-state index is -0.159. The monoisotopic (exact) mass is 573 g/mol. The molecule has 1 aliphatic heterocycles. The summed E-state index contributed by atoms with van der Waals surface area (Å²) in [6, 6.07) is 12.0. The molecule has 0 spiro atoms. The van der Waals surface area contributed by atoms with Crippen molar-refractivity contribution in [3.05, 3.63) is 58.1 Å². The second-order valence-corrected chi connectivity index (χ2v) is 8.27. The molecule has 2 aromatic carbocycles. The Balaban J connectivity index is 0.00000363. The van der Waals surface area contributed by atoms with Crippen LogP contribution in [0.2, 0.25) is 5.02 Å². The lowest BCUT2D eigenvalue weighted by Crippen LogP contribution is -2.48. The number of methoxy groups -OCH3 is 2. The topological polar surface area (TPSA) is 64.1 Å². The first-order chi connectivity index (χ1) is 15.0. The van der Waals surface area contributed by atoms with E-state index >= 15 is 0 Å². The number of ether oxygens (including phenoxy) is 3. The van der Waals surface area contributed by atoms with Crippen molar-refractivity contribution in [2.45, 2.75) is 31.7 Å². The van der Waals surface area contributed by atoms with Gasteiger partial charge in [-0.2, -0.15) is 0 Å². The predicted molar refractivity (Wildman–Crippen MR) is 141 cm³/mol. The second-order valence-electron chi connectivity index (χ2n) is 7.83. The third-order valence-electron chi connectivity index (χ3n) is 5.89. The van der Waals surface area contributed by atoms with Gasteiger partial charge < -0.3 is 24.8 Å². The van der Waals surface area contributed by atoms with Crippen LogP contribution in [0.15, 0.2) is 41.4 Å². The first-order valence-corrected chi connectivity index (χ1v) is 10.9. The number of aliphatic imine (C=N–C) groups is 1. The Bertz CT molecular complexity index is 917. The number of guanidine groups is 1. The van der Waals surface area contributed by atoms with Gasteiger partial charge in [-0.15, -0.1) is 24.0 Å². The van der Waals surface area contributed by atoms with Crippen LogP contribution in [0.1, 0.15) is 29.5 Å². The lowest BCUT2D eigenvalue weighted by Gasteiger charge is -2.39. The molecule has 6 nitrogen and oxygen atoms in total. The molecule has 0 amide bonds. The number of halogens is 2. The molecular formula is C24H33ClIN3O3. The molecule has 2 aromatic rings. The van der Waals surface area contributed by atoms with E-state index in [9.17, 15) is 0 Å². The van der Waals surface area contributed by atoms with E-state index in [0.717, 1.165) is 41.4 Å². The molecule has 32 heavy (non-hydrogen) atoms. The van der Waals surface area contributed by atoms with Gasteiger partial charge in [-0.25, -0.2) is 0 Å². The van der Waals surface area contributed by atoms with Crippen LogP contribution in [0.3, 0.4) is 0 Å². The minimum absolute atomic E-state index is 0. The Morgan fingerprint density at radius 3 is 2.44 bits per heavy atom. The van der Waals surface area contributed by atoms with Gasteiger partial charge in [0, 0.05) is 54.9 Å². The maximum Gasteiger partial charge on any atom is 0.191 e. The van der Waals surface area contributed by atoms with Crippen molar-refractivity contribution < 1.29 is 14.2 Å². The summed E-state index contributed by atoms with van der Waals surface area (Å²) in [4.78, 5) is 4.41. The third-order valence-corrected chi connectivity index (χ3v) is 6.12. The van der Waals surface area contributed by atoms with Gasteiger partial charge in [-0.05, 0) is 49.6 Å². The Labute approximate surface area is 213 Å². The Morgan fingerprint density at radius 1 is 1.06 bits per heavy atom. The molecule has 8 heteroatoms. The molecule has 1 heterocycles. The minimum Gasteiger partial charge on any atom is -0.496 e. The van der Waals surface area contributed by atoms with Crippen LogP contribution in [0.5, 0.6) is 11.5 Å². The summed E-state index contributed by atoms with van der Waals surface area (Å²) in [7, 11) is 5.17. The normalized spacial score (nSPS) is 15.5. The zero-order valence-electron chi connectivity index (χ0n) is 19.2. The lowest BCUT2D eigenvalue weighted by molar-refractivity contribution is 0.0505. The molecule has 176 valence electrons. The highest BCUT2D eigenvalue weighted by atomic mass is 127. The summed E-state index contributed by atoms with van der Waals surface area (Å²) < 4.78 is 16.8. The quantitative estimate of drug-likeness (QED) is 0.286. The van der Waals surface area contributed by atoms with Gasteiger partial charge in [0.1, 0.15) is 11.5 Å². The van der Waals surface area contributed by atoms with E-state index in [-0.39, 0.29) is 29.4 Å². The number of nitrogens with one attached hydrogen (secondary N) is 2. The molecular weight excluding hydrogens is 541 g/mol. The molecule has 0 unspecified atom stereocenters. The summed E-state index contributed by atoms with van der Waals surface area (Å²) >= 11 is 6.35. The molecule has 0 atom stereocenters. The highest BCUT2D eigenvalue weighted by molar-refractivity contribution is 14.0. The number of hydrogen-bond acceptors (Lipinski definition) is 4. The van der Waals surface area contributed by atoms with Crippen LogP contribution >= 0.6 is 35.6 Å². The summed E-state index contributed by atoms with van der Waals surface area (Å²) in [6.07, 6.45) is 1.75. The van der Waals surface area contributed by atoms with Gasteiger partial charge in [-0.1, -0.05) is 23.7 Å². The SMILES string of the molecule is CN=C(NCc1ccc(C)cc1OC)NCC1(c2cc(Cl)ccc2OC)CCOCC1.I. The van der Waals surface area contributed by atoms with Crippen LogP contribution in [0.4, 0.5) is 0 Å². The van der Waals surface area contributed by atoms with Crippen molar-refractivity contribution in [3.8, 4) is 11.5 Å². The van der Waals surface area contributed by atoms with E-state index in [2.05, 4.69) is 34.7 Å². The van der Waals surface area contributed by atoms with E-state index in [1.54, 1.807) is 21.3 Å². The zero-order valence-corrected chi connectivity index (χ0v) is 22.3. The van der Waals surface area contributed by atoms with Crippen LogP contribution in [0, 0.1) is 6.92 Å². The number of benzene rings is 2. The van der Waals surface area contributed by atoms with E-state index in [4.69, 9.17) is 25.8 Å². The number of hydrogen-bond donors (Lipinski definition) is 2. The Kier molecular flexibility index (Phi) is 10.4. The first kappa shape index (κ1) is 26.5. The van der Waals surface area contributed by atoms with Crippen molar-refractivity contribution in [1.82, 2.24) is 10.6 Å². The summed E-state index contributed by atoms with van der Waals surface area (Å²) in [6.45, 7) is 4.75. The Morgan fingerprint density at radius 2 is 1.78 bits per heavy atom. The van der Waals surface area contributed by atoms with Gasteiger partial charge in [-0.3, -0.25) is 4.99 Å². The molecule has 0 bridgehead atoms. The van der Waals surface area contributed by atoms with Crippen molar-refractivity contribution in [1.29, 1.82) is 0 Å². The van der Waals surface area contributed by atoms with E-state index < -0.39 is 0 Å². The van der Waals surface area contributed by atoms with Crippen molar-refractivity contribution in [2.75, 3.05) is 41.0 Å². The molecule has 3 rings (SSSR count). The van der Waals surface area contributed by atoms with Crippen molar-refractivity contribution in [3.63, 3.8) is 0 Å². The first-order valence-electron chi connectivity index (χ1n) is 10.5. The number of aryl methyl sites for hydroxylation is 1. The summed E-state index contributed by atoms with van der Waals surface area (Å²) in [5.74, 6) is 2.45. The standard InChI is InChI=1S/C24H32ClN3O3.HI/c1-17-5-6-18(22(13-17)30-4)15-27-23(26-2)28-16-24(9-11-31-12-10-24)20-14-19(25)7-8-21(20)29-3;/h5-8,13-14H,9-12,15-16H2,1-4H3,(H2,26,27,28);1H. The smallest absolute Gasteiger partial charge is 0.191 e. The van der Waals surface area contributed by atoms with Crippen molar-refractivity contribution in [2.24, 2.45) is 4.99 Å². The molecule has 1 aliphatic rings. The van der Waals surface area contributed by atoms with Gasteiger partial charge in [0.25, 0.3) is 0 Å². The number of rotatable bonds is 7. The Hall–Kier alpha value is -1.71. The van der Waals surface area contributed by atoms with Crippen LogP contribution in [-0.2, 0) is 16.7 Å². The molecule has 0 radical (unpaired) electrons. The maximum atomic E-state index is 6.35. The lowest BCUT2D eigenvalue weighted by atomic mass is 9.73. The fourth-order valence-corrected chi connectivity index (χ4v) is 4.22. The summed E-state index contributed by atoms with van der Waals surface area (Å²) in [5, 5.41) is 7.61. The molecule has 1 fully saturated rings.